The normalized spacial score (nSPS) is 10.2. The number of halogens is 2. The molecule has 0 atom stereocenters. The van der Waals surface area contributed by atoms with E-state index >= 15 is 0 Å². The molecular weight excluding hydrogens is 285 g/mol. The van der Waals surface area contributed by atoms with Gasteiger partial charge in [-0.1, -0.05) is 34.1 Å². The first-order chi connectivity index (χ1) is 8.16. The second kappa shape index (κ2) is 5.19. The summed E-state index contributed by atoms with van der Waals surface area (Å²) < 4.78 is 14.2. The molecule has 0 unspecified atom stereocenters. The van der Waals surface area contributed by atoms with Crippen molar-refractivity contribution in [2.45, 2.75) is 6.54 Å². The van der Waals surface area contributed by atoms with Crippen LogP contribution >= 0.6 is 15.9 Å². The maximum atomic E-state index is 13.4. The molecule has 0 bridgehead atoms. The Morgan fingerprint density at radius 3 is 2.71 bits per heavy atom. The van der Waals surface area contributed by atoms with Crippen LogP contribution in [0.2, 0.25) is 0 Å². The molecule has 2 N–H and O–H groups in total. The number of rotatable bonds is 3. The summed E-state index contributed by atoms with van der Waals surface area (Å²) in [5, 5.41) is 12.5. The molecule has 2 aromatic carbocycles. The fourth-order valence-electron chi connectivity index (χ4n) is 1.48. The molecular formula is C13H11BrFNO. The highest BCUT2D eigenvalue weighted by atomic mass is 79.9. The predicted octanol–water partition coefficient (Wildman–Crippen LogP) is 3.91. The zero-order chi connectivity index (χ0) is 12.3. The summed E-state index contributed by atoms with van der Waals surface area (Å²) in [5.41, 5.74) is 1.13. The first-order valence-electron chi connectivity index (χ1n) is 5.12. The van der Waals surface area contributed by atoms with Crippen molar-refractivity contribution in [3.8, 4) is 5.75 Å². The summed E-state index contributed by atoms with van der Waals surface area (Å²) in [7, 11) is 0. The van der Waals surface area contributed by atoms with Gasteiger partial charge in [0.15, 0.2) is 0 Å². The van der Waals surface area contributed by atoms with E-state index in [1.54, 1.807) is 30.3 Å². The largest absolute Gasteiger partial charge is 0.508 e. The molecule has 2 nitrogen and oxygen atoms in total. The topological polar surface area (TPSA) is 32.3 Å². The van der Waals surface area contributed by atoms with Crippen LogP contribution in [0, 0.1) is 5.82 Å². The maximum Gasteiger partial charge on any atom is 0.146 e. The van der Waals surface area contributed by atoms with E-state index in [1.165, 1.54) is 6.07 Å². The molecule has 0 spiro atoms. The third-order valence-electron chi connectivity index (χ3n) is 2.39. The Bertz CT molecular complexity index is 531. The molecule has 0 heterocycles. The van der Waals surface area contributed by atoms with E-state index in [2.05, 4.69) is 21.2 Å². The molecule has 0 saturated heterocycles. The zero-order valence-corrected chi connectivity index (χ0v) is 10.5. The van der Waals surface area contributed by atoms with Gasteiger partial charge in [-0.15, -0.1) is 0 Å². The second-order valence-corrected chi connectivity index (χ2v) is 4.52. The summed E-state index contributed by atoms with van der Waals surface area (Å²) in [6, 6.07) is 11.7. The van der Waals surface area contributed by atoms with Crippen LogP contribution in [0.5, 0.6) is 5.75 Å². The molecule has 0 aliphatic rings. The van der Waals surface area contributed by atoms with E-state index < -0.39 is 0 Å². The minimum atomic E-state index is -0.316. The average molecular weight is 296 g/mol. The van der Waals surface area contributed by atoms with Gasteiger partial charge in [0, 0.05) is 16.6 Å². The minimum Gasteiger partial charge on any atom is -0.508 e. The van der Waals surface area contributed by atoms with E-state index in [4.69, 9.17) is 0 Å². The Balaban J connectivity index is 2.12. The fourth-order valence-corrected chi connectivity index (χ4v) is 1.84. The molecule has 2 rings (SSSR count). The van der Waals surface area contributed by atoms with Crippen molar-refractivity contribution in [2.24, 2.45) is 0 Å². The van der Waals surface area contributed by atoms with Crippen molar-refractivity contribution >= 4 is 21.6 Å². The monoisotopic (exact) mass is 295 g/mol. The van der Waals surface area contributed by atoms with Gasteiger partial charge in [0.1, 0.15) is 11.6 Å². The molecule has 2 aromatic rings. The molecule has 0 radical (unpaired) electrons. The van der Waals surface area contributed by atoms with Crippen molar-refractivity contribution < 1.29 is 9.50 Å². The smallest absolute Gasteiger partial charge is 0.146 e. The van der Waals surface area contributed by atoms with Crippen molar-refractivity contribution in [3.05, 3.63) is 58.3 Å². The zero-order valence-electron chi connectivity index (χ0n) is 8.95. The lowest BCUT2D eigenvalue weighted by Crippen LogP contribution is -2.01. The first-order valence-corrected chi connectivity index (χ1v) is 5.92. The van der Waals surface area contributed by atoms with Gasteiger partial charge in [-0.25, -0.2) is 4.39 Å². The highest BCUT2D eigenvalue weighted by Crippen LogP contribution is 2.22. The highest BCUT2D eigenvalue weighted by molar-refractivity contribution is 9.10. The van der Waals surface area contributed by atoms with Gasteiger partial charge < -0.3 is 10.4 Å². The van der Waals surface area contributed by atoms with Crippen LogP contribution in [-0.4, -0.2) is 5.11 Å². The van der Waals surface area contributed by atoms with E-state index in [9.17, 15) is 9.50 Å². The van der Waals surface area contributed by atoms with Crippen LogP contribution in [0.1, 0.15) is 5.56 Å². The van der Waals surface area contributed by atoms with Gasteiger partial charge in [-0.2, -0.15) is 0 Å². The molecule has 17 heavy (non-hydrogen) atoms. The molecule has 0 aliphatic carbocycles. The average Bonchev–Trinajstić information content (AvgIpc) is 2.32. The van der Waals surface area contributed by atoms with Gasteiger partial charge in [0.05, 0.1) is 5.69 Å². The van der Waals surface area contributed by atoms with E-state index in [0.717, 1.165) is 10.0 Å². The van der Waals surface area contributed by atoms with Gasteiger partial charge in [0.2, 0.25) is 0 Å². The van der Waals surface area contributed by atoms with Crippen molar-refractivity contribution in [1.29, 1.82) is 0 Å². The lowest BCUT2D eigenvalue weighted by Gasteiger charge is -2.09. The Morgan fingerprint density at radius 1 is 1.18 bits per heavy atom. The maximum absolute atomic E-state index is 13.4. The summed E-state index contributed by atoms with van der Waals surface area (Å²) in [4.78, 5) is 0. The first kappa shape index (κ1) is 11.9. The molecule has 88 valence electrons. The summed E-state index contributed by atoms with van der Waals surface area (Å²) in [6.07, 6.45) is 0. The summed E-state index contributed by atoms with van der Waals surface area (Å²) >= 11 is 3.28. The summed E-state index contributed by atoms with van der Waals surface area (Å²) in [5.74, 6) is -0.112. The van der Waals surface area contributed by atoms with Gasteiger partial charge in [0.25, 0.3) is 0 Å². The standard InChI is InChI=1S/C13H11BrFNO/c14-10-5-6-11(15)12(7-10)16-8-9-3-1-2-4-13(9)17/h1-7,16-17H,8H2. The highest BCUT2D eigenvalue weighted by Gasteiger charge is 2.04. The fraction of sp³-hybridized carbons (Fsp3) is 0.0769. The van der Waals surface area contributed by atoms with E-state index in [1.807, 2.05) is 6.07 Å². The lowest BCUT2D eigenvalue weighted by atomic mass is 10.2. The number of phenolic OH excluding ortho intramolecular Hbond substituents is 1. The second-order valence-electron chi connectivity index (χ2n) is 3.61. The predicted molar refractivity (Wildman–Crippen MR) is 69.5 cm³/mol. The number of anilines is 1. The van der Waals surface area contributed by atoms with Gasteiger partial charge in [-0.3, -0.25) is 0 Å². The van der Waals surface area contributed by atoms with Crippen molar-refractivity contribution in [3.63, 3.8) is 0 Å². The van der Waals surface area contributed by atoms with E-state index in [-0.39, 0.29) is 11.6 Å². The van der Waals surface area contributed by atoms with Crippen LogP contribution in [-0.2, 0) is 6.54 Å². The van der Waals surface area contributed by atoms with Crippen LogP contribution in [0.3, 0.4) is 0 Å². The Morgan fingerprint density at radius 2 is 1.94 bits per heavy atom. The van der Waals surface area contributed by atoms with Crippen molar-refractivity contribution in [1.82, 2.24) is 0 Å². The Labute approximate surface area is 107 Å². The number of nitrogens with one attached hydrogen (secondary N) is 1. The third kappa shape index (κ3) is 2.97. The minimum absolute atomic E-state index is 0.204. The lowest BCUT2D eigenvalue weighted by molar-refractivity contribution is 0.469. The number of hydrogen-bond donors (Lipinski definition) is 2. The number of para-hydroxylation sites is 1. The number of phenols is 1. The molecule has 0 aromatic heterocycles. The third-order valence-corrected chi connectivity index (χ3v) is 2.88. The van der Waals surface area contributed by atoms with E-state index in [0.29, 0.717) is 12.2 Å². The van der Waals surface area contributed by atoms with Crippen LogP contribution in [0.25, 0.3) is 0 Å². The Hall–Kier alpha value is -1.55. The SMILES string of the molecule is Oc1ccccc1CNc1cc(Br)ccc1F. The van der Waals surface area contributed by atoms with Crippen LogP contribution in [0.4, 0.5) is 10.1 Å². The molecule has 0 aliphatic heterocycles. The molecule has 4 heteroatoms. The molecule has 0 fully saturated rings. The number of benzene rings is 2. The summed E-state index contributed by atoms with van der Waals surface area (Å²) in [6.45, 7) is 0.375. The Kier molecular flexibility index (Phi) is 3.64. The number of aromatic hydroxyl groups is 1. The van der Waals surface area contributed by atoms with Gasteiger partial charge >= 0.3 is 0 Å². The van der Waals surface area contributed by atoms with Gasteiger partial charge in [-0.05, 0) is 24.3 Å². The quantitative estimate of drug-likeness (QED) is 0.900. The van der Waals surface area contributed by atoms with Crippen molar-refractivity contribution in [2.75, 3.05) is 5.32 Å². The van der Waals surface area contributed by atoms with Crippen LogP contribution < -0.4 is 5.32 Å². The van der Waals surface area contributed by atoms with Crippen LogP contribution in [0.15, 0.2) is 46.9 Å². The number of hydrogen-bond acceptors (Lipinski definition) is 2. The molecule has 0 amide bonds. The molecule has 0 saturated carbocycles.